The summed E-state index contributed by atoms with van der Waals surface area (Å²) >= 11 is 6.18. The van der Waals surface area contributed by atoms with E-state index in [1.165, 1.54) is 23.1 Å². The molecule has 1 heterocycles. The summed E-state index contributed by atoms with van der Waals surface area (Å²) in [6.45, 7) is 0. The van der Waals surface area contributed by atoms with Crippen molar-refractivity contribution in [2.24, 2.45) is 0 Å². The van der Waals surface area contributed by atoms with Gasteiger partial charge in [0.15, 0.2) is 4.34 Å². The van der Waals surface area contributed by atoms with Gasteiger partial charge in [-0.05, 0) is 34.1 Å². The molecule has 0 aliphatic carbocycles. The molecule has 2 aromatic rings. The van der Waals surface area contributed by atoms with Gasteiger partial charge in [-0.1, -0.05) is 11.8 Å². The first kappa shape index (κ1) is 14.1. The van der Waals surface area contributed by atoms with Crippen molar-refractivity contribution in [1.82, 2.24) is 4.98 Å². The van der Waals surface area contributed by atoms with Crippen LogP contribution in [-0.4, -0.2) is 16.1 Å². The number of benzene rings is 1. The molecule has 1 aromatic carbocycles. The highest BCUT2D eigenvalue weighted by Crippen LogP contribution is 2.32. The van der Waals surface area contributed by atoms with E-state index in [-0.39, 0.29) is 6.42 Å². The lowest BCUT2D eigenvalue weighted by molar-refractivity contribution is -0.136. The Bertz CT molecular complexity index is 664. The van der Waals surface area contributed by atoms with Crippen molar-refractivity contribution in [3.63, 3.8) is 0 Å². The number of carboxylic acid groups (broad SMARTS) is 1. The van der Waals surface area contributed by atoms with Crippen LogP contribution < -0.4 is 0 Å². The van der Waals surface area contributed by atoms with Gasteiger partial charge < -0.3 is 5.11 Å². The lowest BCUT2D eigenvalue weighted by Gasteiger charge is -2.00. The Kier molecular flexibility index (Phi) is 4.58. The molecule has 19 heavy (non-hydrogen) atoms. The zero-order chi connectivity index (χ0) is 13.8. The van der Waals surface area contributed by atoms with Gasteiger partial charge in [-0.25, -0.2) is 4.98 Å². The second-order valence-corrected chi connectivity index (χ2v) is 6.56. The molecule has 1 N–H and O–H groups in total. The Balaban J connectivity index is 2.13. The van der Waals surface area contributed by atoms with Crippen molar-refractivity contribution in [1.29, 1.82) is 5.26 Å². The molecule has 0 bridgehead atoms. The molecule has 4 nitrogen and oxygen atoms in total. The first-order valence-electron chi connectivity index (χ1n) is 5.12. The van der Waals surface area contributed by atoms with Crippen LogP contribution in [0.4, 0.5) is 0 Å². The summed E-state index contributed by atoms with van der Waals surface area (Å²) in [7, 11) is 0. The maximum atomic E-state index is 10.6. The zero-order valence-electron chi connectivity index (χ0n) is 9.46. The molecule has 2 rings (SSSR count). The van der Waals surface area contributed by atoms with Gasteiger partial charge >= 0.3 is 5.97 Å². The number of aliphatic carboxylic acids is 1. The highest BCUT2D eigenvalue weighted by atomic mass is 79.9. The van der Waals surface area contributed by atoms with Gasteiger partial charge in [0.05, 0.1) is 17.7 Å². The molecule has 0 atom stereocenters. The third-order valence-electron chi connectivity index (χ3n) is 2.13. The lowest BCUT2D eigenvalue weighted by Crippen LogP contribution is -1.99. The number of halogens is 1. The number of aromatic nitrogens is 1. The van der Waals surface area contributed by atoms with Crippen LogP contribution in [0.25, 0.3) is 0 Å². The number of hydrogen-bond acceptors (Lipinski definition) is 5. The monoisotopic (exact) mass is 354 g/mol. The van der Waals surface area contributed by atoms with Crippen LogP contribution in [0.5, 0.6) is 0 Å². The highest BCUT2D eigenvalue weighted by molar-refractivity contribution is 9.10. The molecule has 0 saturated heterocycles. The van der Waals surface area contributed by atoms with Crippen LogP contribution in [-0.2, 0) is 11.2 Å². The van der Waals surface area contributed by atoms with Crippen LogP contribution in [0, 0.1) is 11.3 Å². The third-order valence-corrected chi connectivity index (χ3v) is 4.76. The van der Waals surface area contributed by atoms with Crippen molar-refractivity contribution in [3.05, 3.63) is 39.3 Å². The average molecular weight is 355 g/mol. The van der Waals surface area contributed by atoms with Crippen LogP contribution in [0.1, 0.15) is 11.3 Å². The summed E-state index contributed by atoms with van der Waals surface area (Å²) in [5.74, 6) is -0.886. The van der Waals surface area contributed by atoms with Crippen molar-refractivity contribution in [2.75, 3.05) is 0 Å². The van der Waals surface area contributed by atoms with E-state index in [9.17, 15) is 4.79 Å². The number of rotatable bonds is 4. The van der Waals surface area contributed by atoms with Crippen LogP contribution in [0.2, 0.25) is 0 Å². The van der Waals surface area contributed by atoms with E-state index in [0.29, 0.717) is 11.3 Å². The minimum absolute atomic E-state index is 0.0614. The van der Waals surface area contributed by atoms with Gasteiger partial charge in [-0.3, -0.25) is 4.79 Å². The summed E-state index contributed by atoms with van der Waals surface area (Å²) < 4.78 is 1.52. The fraction of sp³-hybridized carbons (Fsp3) is 0.0833. The number of hydrogen-bond donors (Lipinski definition) is 1. The van der Waals surface area contributed by atoms with Gasteiger partial charge in [0.2, 0.25) is 0 Å². The quantitative estimate of drug-likeness (QED) is 0.908. The first-order chi connectivity index (χ1) is 9.08. The van der Waals surface area contributed by atoms with E-state index in [0.717, 1.165) is 13.7 Å². The fourth-order valence-electron chi connectivity index (χ4n) is 1.32. The van der Waals surface area contributed by atoms with Gasteiger partial charge in [0.25, 0.3) is 0 Å². The summed E-state index contributed by atoms with van der Waals surface area (Å²) in [5.41, 5.74) is 1.14. The van der Waals surface area contributed by atoms with Gasteiger partial charge in [0.1, 0.15) is 6.07 Å². The lowest BCUT2D eigenvalue weighted by atomic mass is 10.2. The standard InChI is InChI=1S/C12H7BrN2O2S2/c13-10-4-9(2-1-7(10)5-14)19-12-15-8(6-18-12)3-11(16)17/h1-2,4,6H,3H2,(H,16,17). The first-order valence-corrected chi connectivity index (χ1v) is 7.61. The number of carbonyl (C=O) groups is 1. The molecule has 0 radical (unpaired) electrons. The second-order valence-electron chi connectivity index (χ2n) is 3.53. The summed E-state index contributed by atoms with van der Waals surface area (Å²) in [4.78, 5) is 15.8. The molecule has 0 spiro atoms. The number of nitrogens with zero attached hydrogens (tertiary/aromatic N) is 2. The molecule has 1 aromatic heterocycles. The minimum Gasteiger partial charge on any atom is -0.481 e. The maximum absolute atomic E-state index is 10.6. The van der Waals surface area contributed by atoms with Crippen molar-refractivity contribution < 1.29 is 9.90 Å². The predicted octanol–water partition coefficient (Wildman–Crippen LogP) is 3.56. The van der Waals surface area contributed by atoms with E-state index >= 15 is 0 Å². The van der Waals surface area contributed by atoms with E-state index in [4.69, 9.17) is 10.4 Å². The largest absolute Gasteiger partial charge is 0.481 e. The highest BCUT2D eigenvalue weighted by Gasteiger charge is 2.08. The van der Waals surface area contributed by atoms with E-state index < -0.39 is 5.97 Å². The minimum atomic E-state index is -0.886. The van der Waals surface area contributed by atoms with E-state index in [1.807, 2.05) is 12.1 Å². The molecule has 0 fully saturated rings. The molecule has 0 unspecified atom stereocenters. The SMILES string of the molecule is N#Cc1ccc(Sc2nc(CC(=O)O)cs2)cc1Br. The molecule has 0 aliphatic rings. The zero-order valence-corrected chi connectivity index (χ0v) is 12.7. The van der Waals surface area contributed by atoms with Crippen molar-refractivity contribution in [3.8, 4) is 6.07 Å². The Morgan fingerprint density at radius 1 is 1.58 bits per heavy atom. The molecule has 96 valence electrons. The number of carboxylic acids is 1. The fourth-order valence-corrected chi connectivity index (χ4v) is 3.79. The molecule has 0 aliphatic heterocycles. The average Bonchev–Trinajstić information content (AvgIpc) is 2.76. The van der Waals surface area contributed by atoms with Gasteiger partial charge in [0, 0.05) is 14.7 Å². The maximum Gasteiger partial charge on any atom is 0.309 e. The van der Waals surface area contributed by atoms with Crippen molar-refractivity contribution >= 4 is 45.0 Å². The summed E-state index contributed by atoms with van der Waals surface area (Å²) in [5, 5.41) is 19.3. The van der Waals surface area contributed by atoms with Crippen molar-refractivity contribution in [2.45, 2.75) is 15.7 Å². The Labute approximate surface area is 126 Å². The summed E-state index contributed by atoms with van der Waals surface area (Å²) in [6, 6.07) is 7.50. The topological polar surface area (TPSA) is 74.0 Å². The Morgan fingerprint density at radius 2 is 2.37 bits per heavy atom. The molecular formula is C12H7BrN2O2S2. The number of nitriles is 1. The Morgan fingerprint density at radius 3 is 3.00 bits per heavy atom. The third kappa shape index (κ3) is 3.80. The molecule has 7 heteroatoms. The van der Waals surface area contributed by atoms with Crippen LogP contribution in [0.3, 0.4) is 0 Å². The van der Waals surface area contributed by atoms with Crippen LogP contribution >= 0.6 is 39.0 Å². The molecule has 0 saturated carbocycles. The molecule has 0 amide bonds. The smallest absolute Gasteiger partial charge is 0.309 e. The Hall–Kier alpha value is -1.36. The van der Waals surface area contributed by atoms with Crippen LogP contribution in [0.15, 0.2) is 37.3 Å². The number of thiazole rings is 1. The van der Waals surface area contributed by atoms with Gasteiger partial charge in [-0.15, -0.1) is 11.3 Å². The molecular weight excluding hydrogens is 348 g/mol. The normalized spacial score (nSPS) is 10.1. The summed E-state index contributed by atoms with van der Waals surface area (Å²) in [6.07, 6.45) is -0.0614. The van der Waals surface area contributed by atoms with E-state index in [1.54, 1.807) is 11.4 Å². The van der Waals surface area contributed by atoms with E-state index in [2.05, 4.69) is 27.0 Å². The predicted molar refractivity (Wildman–Crippen MR) is 76.4 cm³/mol. The van der Waals surface area contributed by atoms with Gasteiger partial charge in [-0.2, -0.15) is 5.26 Å². The second kappa shape index (κ2) is 6.19.